The molecule has 13 heavy (non-hydrogen) atoms. The molecule has 0 aliphatic rings. The van der Waals surface area contributed by atoms with E-state index in [1.165, 1.54) is 6.92 Å². The lowest BCUT2D eigenvalue weighted by atomic mass is 10.0. The smallest absolute Gasteiger partial charge is 0.319 e. The van der Waals surface area contributed by atoms with Gasteiger partial charge >= 0.3 is 5.97 Å². The summed E-state index contributed by atoms with van der Waals surface area (Å²) < 4.78 is 4.50. The Balaban J connectivity index is 4.10. The van der Waals surface area contributed by atoms with E-state index in [9.17, 15) is 14.7 Å². The summed E-state index contributed by atoms with van der Waals surface area (Å²) in [7, 11) is 0. The van der Waals surface area contributed by atoms with Crippen molar-refractivity contribution in [1.29, 1.82) is 0 Å². The molecule has 0 aliphatic heterocycles. The fourth-order valence-corrected chi connectivity index (χ4v) is 0.571. The molecule has 5 heteroatoms. The number of nitrogens with two attached hydrogens (primary N) is 1. The van der Waals surface area contributed by atoms with Crippen molar-refractivity contribution in [3.8, 4) is 0 Å². The third-order valence-corrected chi connectivity index (χ3v) is 1.40. The summed E-state index contributed by atoms with van der Waals surface area (Å²) >= 11 is 0. The highest BCUT2D eigenvalue weighted by molar-refractivity contribution is 5.96. The Morgan fingerprint density at radius 2 is 2.23 bits per heavy atom. The normalized spacial score (nSPS) is 14.4. The van der Waals surface area contributed by atoms with Crippen LogP contribution in [0.25, 0.3) is 0 Å². The van der Waals surface area contributed by atoms with Crippen molar-refractivity contribution in [2.75, 3.05) is 13.2 Å². The number of rotatable bonds is 5. The third-order valence-electron chi connectivity index (χ3n) is 1.40. The summed E-state index contributed by atoms with van der Waals surface area (Å²) in [4.78, 5) is 21.5. The first kappa shape index (κ1) is 11.8. The van der Waals surface area contributed by atoms with Crippen LogP contribution in [0.5, 0.6) is 0 Å². The first-order valence-corrected chi connectivity index (χ1v) is 3.69. The summed E-state index contributed by atoms with van der Waals surface area (Å²) in [5.41, 5.74) is 3.23. The second-order valence-corrected chi connectivity index (χ2v) is 2.71. The topological polar surface area (TPSA) is 89.6 Å². The Kier molecular flexibility index (Phi) is 4.30. The van der Waals surface area contributed by atoms with E-state index in [1.807, 2.05) is 0 Å². The molecule has 3 N–H and O–H groups in total. The minimum Gasteiger partial charge on any atom is -0.461 e. The molecule has 0 amide bonds. The summed E-state index contributed by atoms with van der Waals surface area (Å²) in [6, 6.07) is 0. The molecule has 0 spiro atoms. The van der Waals surface area contributed by atoms with E-state index in [2.05, 4.69) is 11.3 Å². The molecule has 5 nitrogen and oxygen atoms in total. The Hall–Kier alpha value is -1.20. The molecular formula is C8H13NO4. The number of ether oxygens (including phenoxy) is 1. The zero-order valence-electron chi connectivity index (χ0n) is 7.45. The molecule has 0 aromatic rings. The maximum Gasteiger partial charge on any atom is 0.319 e. The predicted molar refractivity (Wildman–Crippen MR) is 45.8 cm³/mol. The number of carbonyl (C=O) groups is 2. The van der Waals surface area contributed by atoms with Crippen LogP contribution in [0, 0.1) is 0 Å². The van der Waals surface area contributed by atoms with Crippen molar-refractivity contribution < 1.29 is 19.4 Å². The highest BCUT2D eigenvalue weighted by atomic mass is 16.5. The van der Waals surface area contributed by atoms with E-state index in [0.717, 1.165) is 6.08 Å². The lowest BCUT2D eigenvalue weighted by Gasteiger charge is -2.19. The van der Waals surface area contributed by atoms with Gasteiger partial charge in [-0.2, -0.15) is 0 Å². The van der Waals surface area contributed by atoms with E-state index in [-0.39, 0.29) is 6.54 Å². The first-order valence-electron chi connectivity index (χ1n) is 3.69. The van der Waals surface area contributed by atoms with Gasteiger partial charge in [-0.15, -0.1) is 0 Å². The van der Waals surface area contributed by atoms with Crippen LogP contribution >= 0.6 is 0 Å². The van der Waals surface area contributed by atoms with Crippen molar-refractivity contribution >= 4 is 11.8 Å². The summed E-state index contributed by atoms with van der Waals surface area (Å²) in [6.45, 7) is 3.75. The van der Waals surface area contributed by atoms with Crippen LogP contribution in [0.4, 0.5) is 0 Å². The molecule has 0 rings (SSSR count). The zero-order valence-corrected chi connectivity index (χ0v) is 7.45. The second kappa shape index (κ2) is 4.74. The van der Waals surface area contributed by atoms with Crippen LogP contribution in [0.15, 0.2) is 12.7 Å². The molecule has 0 aliphatic carbocycles. The van der Waals surface area contributed by atoms with Gasteiger partial charge in [0, 0.05) is 0 Å². The number of hydrogen-bond acceptors (Lipinski definition) is 5. The fourth-order valence-electron chi connectivity index (χ4n) is 0.571. The van der Waals surface area contributed by atoms with Crippen LogP contribution in [-0.2, 0) is 14.3 Å². The molecule has 0 aromatic heterocycles. The number of esters is 1. The van der Waals surface area contributed by atoms with Gasteiger partial charge in [0.1, 0.15) is 6.61 Å². The van der Waals surface area contributed by atoms with Crippen molar-refractivity contribution in [3.05, 3.63) is 12.7 Å². The number of aliphatic hydroxyl groups is 1. The lowest BCUT2D eigenvalue weighted by Crippen LogP contribution is -2.40. The molecule has 1 unspecified atom stereocenters. The maximum absolute atomic E-state index is 10.9. The van der Waals surface area contributed by atoms with Crippen LogP contribution in [-0.4, -0.2) is 35.6 Å². The Labute approximate surface area is 76.2 Å². The van der Waals surface area contributed by atoms with Crippen LogP contribution in [0.1, 0.15) is 6.92 Å². The van der Waals surface area contributed by atoms with Crippen LogP contribution in [0.2, 0.25) is 0 Å². The maximum atomic E-state index is 10.9. The van der Waals surface area contributed by atoms with Crippen molar-refractivity contribution in [2.24, 2.45) is 5.73 Å². The molecule has 74 valence electrons. The first-order chi connectivity index (χ1) is 5.94. The Morgan fingerprint density at radius 1 is 1.69 bits per heavy atom. The van der Waals surface area contributed by atoms with Gasteiger partial charge in [0.15, 0.2) is 11.4 Å². The Morgan fingerprint density at radius 3 is 2.62 bits per heavy atom. The van der Waals surface area contributed by atoms with Gasteiger partial charge in [-0.3, -0.25) is 9.59 Å². The monoisotopic (exact) mass is 187 g/mol. The molecule has 0 saturated carbocycles. The fraction of sp³-hybridized carbons (Fsp3) is 0.500. The van der Waals surface area contributed by atoms with Gasteiger partial charge in [-0.25, -0.2) is 0 Å². The average molecular weight is 187 g/mol. The highest BCUT2D eigenvalue weighted by Crippen LogP contribution is 2.06. The standard InChI is InChI=1S/C8H13NO4/c1-3-6(10)8(2,12)5-13-7(11)4-9/h3,12H,1,4-5,9H2,2H3. The van der Waals surface area contributed by atoms with E-state index in [0.29, 0.717) is 0 Å². The van der Waals surface area contributed by atoms with E-state index in [4.69, 9.17) is 5.73 Å². The van der Waals surface area contributed by atoms with Gasteiger partial charge in [0.2, 0.25) is 0 Å². The minimum atomic E-state index is -1.72. The summed E-state index contributed by atoms with van der Waals surface area (Å²) in [5.74, 6) is -1.27. The average Bonchev–Trinajstić information content (AvgIpc) is 2.12. The summed E-state index contributed by atoms with van der Waals surface area (Å²) in [6.07, 6.45) is 0.969. The van der Waals surface area contributed by atoms with E-state index in [1.54, 1.807) is 0 Å². The zero-order chi connectivity index (χ0) is 10.5. The van der Waals surface area contributed by atoms with Crippen molar-refractivity contribution in [3.63, 3.8) is 0 Å². The molecular weight excluding hydrogens is 174 g/mol. The van der Waals surface area contributed by atoms with Crippen molar-refractivity contribution in [2.45, 2.75) is 12.5 Å². The van der Waals surface area contributed by atoms with E-state index >= 15 is 0 Å². The van der Waals surface area contributed by atoms with Gasteiger partial charge < -0.3 is 15.6 Å². The number of hydrogen-bond donors (Lipinski definition) is 2. The van der Waals surface area contributed by atoms with Crippen LogP contribution < -0.4 is 5.73 Å². The molecule has 0 saturated heterocycles. The van der Waals surface area contributed by atoms with Gasteiger partial charge in [-0.1, -0.05) is 6.58 Å². The lowest BCUT2D eigenvalue weighted by molar-refractivity contribution is -0.152. The van der Waals surface area contributed by atoms with Crippen molar-refractivity contribution in [1.82, 2.24) is 0 Å². The van der Waals surface area contributed by atoms with Crippen LogP contribution in [0.3, 0.4) is 0 Å². The minimum absolute atomic E-state index is 0.279. The van der Waals surface area contributed by atoms with Gasteiger partial charge in [0.25, 0.3) is 0 Å². The number of ketones is 1. The molecule has 0 heterocycles. The quantitative estimate of drug-likeness (QED) is 0.425. The third kappa shape index (κ3) is 3.82. The molecule has 0 radical (unpaired) electrons. The summed E-state index contributed by atoms with van der Waals surface area (Å²) in [5, 5.41) is 9.39. The molecule has 0 fully saturated rings. The van der Waals surface area contributed by atoms with Gasteiger partial charge in [-0.05, 0) is 13.0 Å². The predicted octanol–water partition coefficient (Wildman–Crippen LogP) is -1.01. The molecule has 1 atom stereocenters. The second-order valence-electron chi connectivity index (χ2n) is 2.71. The molecule has 0 aromatic carbocycles. The highest BCUT2D eigenvalue weighted by Gasteiger charge is 2.29. The Bertz CT molecular complexity index is 222. The SMILES string of the molecule is C=CC(=O)C(C)(O)COC(=O)CN. The van der Waals surface area contributed by atoms with E-state index < -0.39 is 24.0 Å². The molecule has 0 bridgehead atoms. The largest absolute Gasteiger partial charge is 0.461 e. The number of carbonyl (C=O) groups excluding carboxylic acids is 2. The van der Waals surface area contributed by atoms with Gasteiger partial charge in [0.05, 0.1) is 6.54 Å².